The summed E-state index contributed by atoms with van der Waals surface area (Å²) in [4.78, 5) is 2.01. The van der Waals surface area contributed by atoms with E-state index in [9.17, 15) is 13.5 Å². The lowest BCUT2D eigenvalue weighted by molar-refractivity contribution is 0.117. The van der Waals surface area contributed by atoms with Crippen molar-refractivity contribution in [1.29, 1.82) is 0 Å². The summed E-state index contributed by atoms with van der Waals surface area (Å²) >= 11 is 0. The number of sulfone groups is 1. The second-order valence-electron chi connectivity index (χ2n) is 4.99. The topological polar surface area (TPSA) is 83.6 Å². The zero-order chi connectivity index (χ0) is 13.9. The summed E-state index contributed by atoms with van der Waals surface area (Å²) < 4.78 is 23.0. The highest BCUT2D eigenvalue weighted by Gasteiger charge is 2.21. The molecule has 0 radical (unpaired) electrons. The molecule has 1 atom stereocenters. The molecule has 3 N–H and O–H groups in total. The van der Waals surface area contributed by atoms with Gasteiger partial charge in [0.2, 0.25) is 0 Å². The predicted octanol–water partition coefficient (Wildman–Crippen LogP) is 0.423. The molecule has 0 bridgehead atoms. The molecule has 1 aromatic rings. The van der Waals surface area contributed by atoms with Crippen molar-refractivity contribution >= 4 is 15.5 Å². The predicted molar refractivity (Wildman–Crippen MR) is 75.5 cm³/mol. The van der Waals surface area contributed by atoms with Crippen molar-refractivity contribution in [2.24, 2.45) is 0 Å². The molecule has 1 aromatic carbocycles. The molecule has 106 valence electrons. The van der Waals surface area contributed by atoms with Crippen LogP contribution in [0.5, 0.6) is 0 Å². The summed E-state index contributed by atoms with van der Waals surface area (Å²) in [5.41, 5.74) is 7.07. The van der Waals surface area contributed by atoms with Crippen LogP contribution in [0, 0.1) is 0 Å². The van der Waals surface area contributed by atoms with Crippen molar-refractivity contribution < 1.29 is 13.5 Å². The minimum atomic E-state index is -2.90. The van der Waals surface area contributed by atoms with E-state index in [1.54, 1.807) is 24.3 Å². The summed E-state index contributed by atoms with van der Waals surface area (Å²) in [5.74, 6) is 0.433. The zero-order valence-corrected chi connectivity index (χ0v) is 11.6. The third kappa shape index (κ3) is 4.19. The van der Waals surface area contributed by atoms with Crippen molar-refractivity contribution in [1.82, 2.24) is 4.90 Å². The SMILES string of the molecule is Nc1ccc(C(O)CN2CCCS(=O)(=O)CC2)cc1. The summed E-state index contributed by atoms with van der Waals surface area (Å²) in [5, 5.41) is 10.2. The number of aliphatic hydroxyl groups excluding tert-OH is 1. The van der Waals surface area contributed by atoms with E-state index in [-0.39, 0.29) is 11.5 Å². The van der Waals surface area contributed by atoms with Crippen molar-refractivity contribution in [3.63, 3.8) is 0 Å². The van der Waals surface area contributed by atoms with E-state index in [1.807, 2.05) is 4.90 Å². The Kier molecular flexibility index (Phi) is 4.44. The normalized spacial score (nSPS) is 21.7. The quantitative estimate of drug-likeness (QED) is 0.786. The van der Waals surface area contributed by atoms with E-state index in [0.717, 1.165) is 5.56 Å². The number of β-amino-alcohol motifs (C(OH)–C–C–N with tert-alkyl or cyclic N) is 1. The van der Waals surface area contributed by atoms with Crippen LogP contribution in [0.4, 0.5) is 5.69 Å². The molecule has 1 saturated heterocycles. The first-order valence-electron chi connectivity index (χ1n) is 6.42. The van der Waals surface area contributed by atoms with E-state index in [2.05, 4.69) is 0 Å². The van der Waals surface area contributed by atoms with Crippen LogP contribution < -0.4 is 5.73 Å². The number of hydrogen-bond acceptors (Lipinski definition) is 5. The number of nitrogens with zero attached hydrogens (tertiary/aromatic N) is 1. The molecule has 1 aliphatic heterocycles. The fraction of sp³-hybridized carbons (Fsp3) is 0.538. The average molecular weight is 284 g/mol. The number of hydrogen-bond donors (Lipinski definition) is 2. The maximum absolute atomic E-state index is 11.5. The lowest BCUT2D eigenvalue weighted by Gasteiger charge is -2.22. The molecule has 19 heavy (non-hydrogen) atoms. The van der Waals surface area contributed by atoms with Crippen molar-refractivity contribution in [3.8, 4) is 0 Å². The van der Waals surface area contributed by atoms with Crippen molar-refractivity contribution in [2.75, 3.05) is 36.9 Å². The highest BCUT2D eigenvalue weighted by atomic mass is 32.2. The van der Waals surface area contributed by atoms with E-state index >= 15 is 0 Å². The molecular formula is C13H20N2O3S. The monoisotopic (exact) mass is 284 g/mol. The van der Waals surface area contributed by atoms with Gasteiger partial charge in [0.05, 0.1) is 17.6 Å². The molecule has 0 amide bonds. The first kappa shape index (κ1) is 14.3. The van der Waals surface area contributed by atoms with E-state index in [4.69, 9.17) is 5.73 Å². The molecule has 0 saturated carbocycles. The van der Waals surface area contributed by atoms with Gasteiger partial charge >= 0.3 is 0 Å². The Labute approximate surface area is 113 Å². The average Bonchev–Trinajstić information content (AvgIpc) is 2.52. The van der Waals surface area contributed by atoms with Crippen LogP contribution in [0.25, 0.3) is 0 Å². The van der Waals surface area contributed by atoms with Gasteiger partial charge in [0.25, 0.3) is 0 Å². The van der Waals surface area contributed by atoms with E-state index in [0.29, 0.717) is 31.7 Å². The molecule has 0 aromatic heterocycles. The molecule has 1 fully saturated rings. The summed E-state index contributed by atoms with van der Waals surface area (Å²) in [6.45, 7) is 1.67. The molecule has 6 heteroatoms. The lowest BCUT2D eigenvalue weighted by atomic mass is 10.1. The van der Waals surface area contributed by atoms with Gasteiger partial charge in [-0.25, -0.2) is 8.42 Å². The Morgan fingerprint density at radius 1 is 1.21 bits per heavy atom. The lowest BCUT2D eigenvalue weighted by Crippen LogP contribution is -2.31. The van der Waals surface area contributed by atoms with Crippen LogP contribution in [0.3, 0.4) is 0 Å². The Bertz CT molecular complexity index is 513. The molecule has 1 aliphatic rings. The molecule has 1 unspecified atom stereocenters. The van der Waals surface area contributed by atoms with Gasteiger partial charge in [-0.15, -0.1) is 0 Å². The first-order chi connectivity index (χ1) is 8.96. The first-order valence-corrected chi connectivity index (χ1v) is 8.25. The van der Waals surface area contributed by atoms with Gasteiger partial charge in [0, 0.05) is 18.8 Å². The van der Waals surface area contributed by atoms with Gasteiger partial charge in [-0.05, 0) is 30.7 Å². The summed E-state index contributed by atoms with van der Waals surface area (Å²) in [7, 11) is -2.90. The Morgan fingerprint density at radius 3 is 2.58 bits per heavy atom. The number of rotatable bonds is 3. The third-order valence-electron chi connectivity index (χ3n) is 3.40. The van der Waals surface area contributed by atoms with Gasteiger partial charge in [-0.1, -0.05) is 12.1 Å². The standard InChI is InChI=1S/C13H20N2O3S/c14-12-4-2-11(3-5-12)13(16)10-15-6-1-8-19(17,18)9-7-15/h2-5,13,16H,1,6-10,14H2. The fourth-order valence-electron chi connectivity index (χ4n) is 2.24. The maximum atomic E-state index is 11.5. The van der Waals surface area contributed by atoms with Gasteiger partial charge in [-0.3, -0.25) is 4.90 Å². The third-order valence-corrected chi connectivity index (χ3v) is 5.12. The smallest absolute Gasteiger partial charge is 0.151 e. The number of aliphatic hydroxyl groups is 1. The van der Waals surface area contributed by atoms with E-state index in [1.165, 1.54) is 0 Å². The van der Waals surface area contributed by atoms with Gasteiger partial charge in [-0.2, -0.15) is 0 Å². The summed E-state index contributed by atoms with van der Waals surface area (Å²) in [6, 6.07) is 7.11. The Morgan fingerprint density at radius 2 is 1.89 bits per heavy atom. The number of benzene rings is 1. The molecule has 0 aliphatic carbocycles. The highest BCUT2D eigenvalue weighted by molar-refractivity contribution is 7.91. The van der Waals surface area contributed by atoms with Gasteiger partial charge in [0.1, 0.15) is 0 Å². The van der Waals surface area contributed by atoms with Crippen LogP contribution in [-0.4, -0.2) is 49.6 Å². The van der Waals surface area contributed by atoms with Crippen molar-refractivity contribution in [3.05, 3.63) is 29.8 Å². The number of anilines is 1. The molecular weight excluding hydrogens is 264 g/mol. The van der Waals surface area contributed by atoms with Crippen LogP contribution in [0.2, 0.25) is 0 Å². The van der Waals surface area contributed by atoms with E-state index < -0.39 is 15.9 Å². The second-order valence-corrected chi connectivity index (χ2v) is 7.29. The minimum Gasteiger partial charge on any atom is -0.399 e. The minimum absolute atomic E-state index is 0.182. The van der Waals surface area contributed by atoms with Crippen LogP contribution in [-0.2, 0) is 9.84 Å². The number of nitrogens with two attached hydrogens (primary N) is 1. The largest absolute Gasteiger partial charge is 0.399 e. The summed E-state index contributed by atoms with van der Waals surface area (Å²) in [6.07, 6.45) is 0.0259. The van der Waals surface area contributed by atoms with Crippen LogP contribution in [0.15, 0.2) is 24.3 Å². The second kappa shape index (κ2) is 5.90. The van der Waals surface area contributed by atoms with Crippen LogP contribution in [0.1, 0.15) is 18.1 Å². The molecule has 1 heterocycles. The van der Waals surface area contributed by atoms with Crippen molar-refractivity contribution in [2.45, 2.75) is 12.5 Å². The van der Waals surface area contributed by atoms with Gasteiger partial charge in [0.15, 0.2) is 9.84 Å². The fourth-order valence-corrected chi connectivity index (χ4v) is 3.55. The molecule has 0 spiro atoms. The molecule has 2 rings (SSSR count). The zero-order valence-electron chi connectivity index (χ0n) is 10.8. The Hall–Kier alpha value is -1.11. The van der Waals surface area contributed by atoms with Crippen LogP contribution >= 0.6 is 0 Å². The van der Waals surface area contributed by atoms with Gasteiger partial charge < -0.3 is 10.8 Å². The Balaban J connectivity index is 1.95. The number of nitrogen functional groups attached to an aromatic ring is 1. The maximum Gasteiger partial charge on any atom is 0.151 e. The molecule has 5 nitrogen and oxygen atoms in total. The highest BCUT2D eigenvalue weighted by Crippen LogP contribution is 2.17.